The van der Waals surface area contributed by atoms with Crippen molar-refractivity contribution >= 4 is 11.6 Å². The molecule has 1 saturated carbocycles. The maximum Gasteiger partial charge on any atom is 0.274 e. The fourth-order valence-electron chi connectivity index (χ4n) is 5.58. The molecule has 1 amide bonds. The zero-order valence-electron chi connectivity index (χ0n) is 26.1. The number of ether oxygens (including phenoxy) is 2. The molecule has 1 atom stereocenters. The molecule has 1 aliphatic carbocycles. The summed E-state index contributed by atoms with van der Waals surface area (Å²) < 4.78 is 13.9. The number of methoxy groups -OCH3 is 1. The second-order valence-electron chi connectivity index (χ2n) is 11.6. The van der Waals surface area contributed by atoms with E-state index in [2.05, 4.69) is 59.1 Å². The maximum atomic E-state index is 13.7. The first-order valence-electron chi connectivity index (χ1n) is 15.7. The Morgan fingerprint density at radius 1 is 0.933 bits per heavy atom. The molecule has 0 radical (unpaired) electrons. The molecule has 4 aromatic carbocycles. The van der Waals surface area contributed by atoms with Gasteiger partial charge in [0.05, 0.1) is 24.5 Å². The summed E-state index contributed by atoms with van der Waals surface area (Å²) in [6.07, 6.45) is 3.38. The van der Waals surface area contributed by atoms with Crippen molar-refractivity contribution in [3.05, 3.63) is 137 Å². The van der Waals surface area contributed by atoms with E-state index in [1.807, 2.05) is 73.7 Å². The highest BCUT2D eigenvalue weighted by molar-refractivity contribution is 6.03. The van der Waals surface area contributed by atoms with Crippen LogP contribution in [0.3, 0.4) is 0 Å². The van der Waals surface area contributed by atoms with Crippen molar-refractivity contribution in [2.24, 2.45) is 5.92 Å². The van der Waals surface area contributed by atoms with Gasteiger partial charge in [0.15, 0.2) is 11.5 Å². The second kappa shape index (κ2) is 13.8. The van der Waals surface area contributed by atoms with Crippen molar-refractivity contribution in [3.63, 3.8) is 0 Å². The Labute approximate surface area is 265 Å². The van der Waals surface area contributed by atoms with Crippen molar-refractivity contribution in [1.29, 1.82) is 0 Å². The fraction of sp³-hybridized carbons (Fsp3) is 0.263. The largest absolute Gasteiger partial charge is 0.493 e. The van der Waals surface area contributed by atoms with Gasteiger partial charge in [-0.3, -0.25) is 4.79 Å². The minimum Gasteiger partial charge on any atom is -0.493 e. The number of aromatic nitrogens is 2. The van der Waals surface area contributed by atoms with Crippen LogP contribution in [0.5, 0.6) is 11.5 Å². The lowest BCUT2D eigenvalue weighted by Crippen LogP contribution is -2.25. The van der Waals surface area contributed by atoms with Gasteiger partial charge in [0, 0.05) is 11.3 Å². The topological polar surface area (TPSA) is 77.4 Å². The molecule has 45 heavy (non-hydrogen) atoms. The fourth-order valence-corrected chi connectivity index (χ4v) is 5.58. The minimum atomic E-state index is -0.217. The number of carbonyl (C=O) groups excluding carboxylic acids is 1. The molecular formula is C38H40N4O3. The van der Waals surface area contributed by atoms with Crippen molar-refractivity contribution in [1.82, 2.24) is 15.1 Å². The standard InChI is InChI=1S/C38H40N4O3/c1-4-27-13-8-16-32(22-27)42-34(21-26(2)41-42)38(43)40-31-15-9-14-30(23-31)36(39-24-28-19-20-28)33-17-10-18-35(44-3)37(33)45-25-29-11-6-5-7-12-29/h5-18,21-23,28,36,39H,4,19-20,24-25H2,1-3H3,(H,40,43). The van der Waals surface area contributed by atoms with Crippen LogP contribution >= 0.6 is 0 Å². The molecule has 1 aliphatic rings. The van der Waals surface area contributed by atoms with Crippen LogP contribution in [0.1, 0.15) is 64.2 Å². The van der Waals surface area contributed by atoms with Gasteiger partial charge in [-0.05, 0) is 91.7 Å². The van der Waals surface area contributed by atoms with Gasteiger partial charge in [-0.15, -0.1) is 0 Å². The monoisotopic (exact) mass is 600 g/mol. The third-order valence-corrected chi connectivity index (χ3v) is 8.18. The summed E-state index contributed by atoms with van der Waals surface area (Å²) in [5, 5.41) is 11.6. The number of amides is 1. The molecule has 230 valence electrons. The summed E-state index contributed by atoms with van der Waals surface area (Å²) >= 11 is 0. The van der Waals surface area contributed by atoms with Gasteiger partial charge < -0.3 is 20.1 Å². The number of hydrogen-bond donors (Lipinski definition) is 2. The smallest absolute Gasteiger partial charge is 0.274 e. The summed E-state index contributed by atoms with van der Waals surface area (Å²) in [6, 6.07) is 34.0. The van der Waals surface area contributed by atoms with Crippen LogP contribution in [0.2, 0.25) is 0 Å². The Balaban J connectivity index is 1.30. The first-order chi connectivity index (χ1) is 22.0. The molecule has 2 N–H and O–H groups in total. The average Bonchev–Trinajstić information content (AvgIpc) is 3.82. The Morgan fingerprint density at radius 2 is 1.71 bits per heavy atom. The van der Waals surface area contributed by atoms with Crippen LogP contribution in [0.25, 0.3) is 5.69 Å². The maximum absolute atomic E-state index is 13.7. The first kappa shape index (κ1) is 30.2. The Hall–Kier alpha value is -4.88. The van der Waals surface area contributed by atoms with E-state index in [4.69, 9.17) is 9.47 Å². The summed E-state index contributed by atoms with van der Waals surface area (Å²) in [5.41, 5.74) is 7.11. The molecule has 7 nitrogen and oxygen atoms in total. The third-order valence-electron chi connectivity index (χ3n) is 8.18. The molecule has 5 aromatic rings. The van der Waals surface area contributed by atoms with E-state index in [-0.39, 0.29) is 11.9 Å². The molecule has 0 bridgehead atoms. The SMILES string of the molecule is CCc1cccc(-n2nc(C)cc2C(=O)Nc2cccc(C(NCC3CC3)c3cccc(OC)c3OCc3ccccc3)c2)c1. The van der Waals surface area contributed by atoms with Gasteiger partial charge in [0.2, 0.25) is 0 Å². The predicted molar refractivity (Wildman–Crippen MR) is 178 cm³/mol. The van der Waals surface area contributed by atoms with Crippen LogP contribution < -0.4 is 20.1 Å². The van der Waals surface area contributed by atoms with Gasteiger partial charge in [-0.1, -0.05) is 73.7 Å². The van der Waals surface area contributed by atoms with E-state index < -0.39 is 0 Å². The molecule has 1 heterocycles. The molecule has 0 aliphatic heterocycles. The number of anilines is 1. The van der Waals surface area contributed by atoms with Gasteiger partial charge in [0.1, 0.15) is 12.3 Å². The van der Waals surface area contributed by atoms with Gasteiger partial charge in [-0.25, -0.2) is 4.68 Å². The summed E-state index contributed by atoms with van der Waals surface area (Å²) in [5.74, 6) is 1.84. The van der Waals surface area contributed by atoms with Crippen molar-refractivity contribution in [2.45, 2.75) is 45.8 Å². The van der Waals surface area contributed by atoms with Crippen molar-refractivity contribution in [3.8, 4) is 17.2 Å². The predicted octanol–water partition coefficient (Wildman–Crippen LogP) is 7.67. The molecule has 1 aromatic heterocycles. The number of aryl methyl sites for hydroxylation is 2. The third kappa shape index (κ3) is 7.27. The van der Waals surface area contributed by atoms with E-state index in [9.17, 15) is 4.79 Å². The number of carbonyl (C=O) groups is 1. The van der Waals surface area contributed by atoms with Crippen molar-refractivity contribution in [2.75, 3.05) is 19.0 Å². The van der Waals surface area contributed by atoms with Crippen molar-refractivity contribution < 1.29 is 14.3 Å². The van der Waals surface area contributed by atoms with Crippen LogP contribution in [-0.4, -0.2) is 29.3 Å². The summed E-state index contributed by atoms with van der Waals surface area (Å²) in [6.45, 7) is 5.34. The Kier molecular flexibility index (Phi) is 9.27. The molecule has 6 rings (SSSR count). The van der Waals surface area contributed by atoms with E-state index in [1.54, 1.807) is 11.8 Å². The molecule has 1 unspecified atom stereocenters. The van der Waals surface area contributed by atoms with Gasteiger partial charge in [-0.2, -0.15) is 5.10 Å². The number of rotatable bonds is 13. The van der Waals surface area contributed by atoms with Crippen LogP contribution in [-0.2, 0) is 13.0 Å². The first-order valence-corrected chi connectivity index (χ1v) is 15.7. The van der Waals surface area contributed by atoms with E-state index >= 15 is 0 Å². The van der Waals surface area contributed by atoms with E-state index in [1.165, 1.54) is 18.4 Å². The molecule has 1 fully saturated rings. The van der Waals surface area contributed by atoms with Gasteiger partial charge in [0.25, 0.3) is 5.91 Å². The van der Waals surface area contributed by atoms with E-state index in [0.717, 1.165) is 41.0 Å². The highest BCUT2D eigenvalue weighted by atomic mass is 16.5. The highest BCUT2D eigenvalue weighted by Crippen LogP contribution is 2.39. The van der Waals surface area contributed by atoms with Gasteiger partial charge >= 0.3 is 0 Å². The zero-order valence-corrected chi connectivity index (χ0v) is 26.1. The molecule has 0 saturated heterocycles. The number of nitrogens with one attached hydrogen (secondary N) is 2. The minimum absolute atomic E-state index is 0.173. The number of benzene rings is 4. The highest BCUT2D eigenvalue weighted by Gasteiger charge is 2.27. The summed E-state index contributed by atoms with van der Waals surface area (Å²) in [4.78, 5) is 13.7. The lowest BCUT2D eigenvalue weighted by atomic mass is 9.96. The number of nitrogens with zero attached hydrogens (tertiary/aromatic N) is 2. The zero-order chi connectivity index (χ0) is 31.2. The van der Waals surface area contributed by atoms with Crippen LogP contribution in [0, 0.1) is 12.8 Å². The Bertz CT molecular complexity index is 1760. The van der Waals surface area contributed by atoms with E-state index in [0.29, 0.717) is 35.4 Å². The number of para-hydroxylation sites is 1. The molecule has 7 heteroatoms. The summed E-state index contributed by atoms with van der Waals surface area (Å²) in [7, 11) is 1.67. The molecular weight excluding hydrogens is 560 g/mol. The van der Waals surface area contributed by atoms with Crippen LogP contribution in [0.4, 0.5) is 5.69 Å². The van der Waals surface area contributed by atoms with Crippen LogP contribution in [0.15, 0.2) is 103 Å². The normalized spacial score (nSPS) is 13.3. The lowest BCUT2D eigenvalue weighted by molar-refractivity contribution is 0.101. The Morgan fingerprint density at radius 3 is 2.49 bits per heavy atom. The second-order valence-corrected chi connectivity index (χ2v) is 11.6. The average molecular weight is 601 g/mol. The molecule has 0 spiro atoms. The lowest BCUT2D eigenvalue weighted by Gasteiger charge is -2.24. The quantitative estimate of drug-likeness (QED) is 0.145. The number of hydrogen-bond acceptors (Lipinski definition) is 5.